The molecule has 2 aromatic carbocycles. The molecule has 0 nitrogen and oxygen atoms in total. The van der Waals surface area contributed by atoms with Crippen LogP contribution in [0.1, 0.15) is 16.5 Å². The van der Waals surface area contributed by atoms with Crippen molar-refractivity contribution >= 4 is 23.2 Å². The Morgan fingerprint density at radius 1 is 0.889 bits per heavy atom. The Bertz CT molecular complexity index is 544. The van der Waals surface area contributed by atoms with Crippen LogP contribution >= 0.6 is 23.2 Å². The third-order valence-corrected chi connectivity index (χ3v) is 3.18. The van der Waals surface area contributed by atoms with Crippen LogP contribution in [0.2, 0.25) is 5.02 Å². The number of benzene rings is 2. The Morgan fingerprint density at radius 2 is 1.39 bits per heavy atom. The Hall–Kier alpha value is -1.19. The summed E-state index contributed by atoms with van der Waals surface area (Å²) in [6.07, 6.45) is 0. The maximum absolute atomic E-state index is 13.5. The van der Waals surface area contributed by atoms with Gasteiger partial charge in [0.15, 0.2) is 0 Å². The maximum Gasteiger partial charge on any atom is 0.134 e. The van der Waals surface area contributed by atoms with Gasteiger partial charge in [0.25, 0.3) is 0 Å². The van der Waals surface area contributed by atoms with E-state index in [0.29, 0.717) is 22.7 Å². The lowest BCUT2D eigenvalue weighted by Crippen LogP contribution is -2.02. The Labute approximate surface area is 112 Å². The highest BCUT2D eigenvalue weighted by molar-refractivity contribution is 6.30. The summed E-state index contributed by atoms with van der Waals surface area (Å²) in [5.41, 5.74) is 0.103. The van der Waals surface area contributed by atoms with Gasteiger partial charge in [-0.2, -0.15) is 0 Å². The van der Waals surface area contributed by atoms with E-state index in [4.69, 9.17) is 23.2 Å². The van der Waals surface area contributed by atoms with Crippen LogP contribution in [-0.4, -0.2) is 0 Å². The number of rotatable bonds is 2. The molecule has 2 aromatic rings. The van der Waals surface area contributed by atoms with Gasteiger partial charge in [-0.3, -0.25) is 0 Å². The second-order valence-corrected chi connectivity index (χ2v) is 4.57. The van der Waals surface area contributed by atoms with Gasteiger partial charge in [0.05, 0.1) is 5.38 Å². The highest BCUT2D eigenvalue weighted by atomic mass is 35.5. The van der Waals surface area contributed by atoms with Gasteiger partial charge >= 0.3 is 0 Å². The van der Waals surface area contributed by atoms with Crippen LogP contribution in [0.4, 0.5) is 13.2 Å². The molecule has 0 saturated carbocycles. The lowest BCUT2D eigenvalue weighted by molar-refractivity contribution is 0.526. The molecule has 1 unspecified atom stereocenters. The summed E-state index contributed by atoms with van der Waals surface area (Å²) >= 11 is 11.7. The molecule has 0 aliphatic heterocycles. The Balaban J connectivity index is 2.46. The van der Waals surface area contributed by atoms with Crippen LogP contribution in [0.5, 0.6) is 0 Å². The molecule has 2 rings (SSSR count). The van der Waals surface area contributed by atoms with Crippen molar-refractivity contribution < 1.29 is 13.2 Å². The molecule has 0 amide bonds. The summed E-state index contributed by atoms with van der Waals surface area (Å²) in [5.74, 6) is -3.00. The molecule has 0 saturated heterocycles. The van der Waals surface area contributed by atoms with Gasteiger partial charge in [-0.1, -0.05) is 23.7 Å². The standard InChI is InChI=1S/C13H7Cl2F3/c14-8-3-1-7(2-4-8)13(15)12-10(17)5-9(16)6-11(12)18/h1-6,13H. The van der Waals surface area contributed by atoms with Gasteiger partial charge in [-0.15, -0.1) is 11.6 Å². The summed E-state index contributed by atoms with van der Waals surface area (Å²) in [7, 11) is 0. The molecular weight excluding hydrogens is 284 g/mol. The first-order chi connectivity index (χ1) is 8.49. The van der Waals surface area contributed by atoms with Crippen LogP contribution in [0.15, 0.2) is 36.4 Å². The molecule has 0 aromatic heterocycles. The molecule has 0 bridgehead atoms. The van der Waals surface area contributed by atoms with Crippen molar-refractivity contribution in [1.82, 2.24) is 0 Å². The first-order valence-corrected chi connectivity index (χ1v) is 5.84. The SMILES string of the molecule is Fc1cc(F)c(C(Cl)c2ccc(Cl)cc2)c(F)c1. The van der Waals surface area contributed by atoms with Crippen molar-refractivity contribution in [3.63, 3.8) is 0 Å². The number of alkyl halides is 1. The van der Waals surface area contributed by atoms with E-state index >= 15 is 0 Å². The largest absolute Gasteiger partial charge is 0.207 e. The molecule has 5 heteroatoms. The molecule has 0 fully saturated rings. The number of halogens is 5. The minimum absolute atomic E-state index is 0.375. The number of hydrogen-bond acceptors (Lipinski definition) is 0. The summed E-state index contributed by atoms with van der Waals surface area (Å²) in [6, 6.07) is 7.44. The van der Waals surface area contributed by atoms with Gasteiger partial charge in [0.1, 0.15) is 17.5 Å². The highest BCUT2D eigenvalue weighted by Gasteiger charge is 2.21. The van der Waals surface area contributed by atoms with Gasteiger partial charge in [0, 0.05) is 22.7 Å². The molecule has 18 heavy (non-hydrogen) atoms. The first-order valence-electron chi connectivity index (χ1n) is 5.03. The van der Waals surface area contributed by atoms with Gasteiger partial charge in [-0.05, 0) is 17.7 Å². The maximum atomic E-state index is 13.5. The zero-order valence-electron chi connectivity index (χ0n) is 8.93. The summed E-state index contributed by atoms with van der Waals surface area (Å²) < 4.78 is 39.9. The fourth-order valence-corrected chi connectivity index (χ4v) is 2.07. The van der Waals surface area contributed by atoms with Crippen LogP contribution in [0.3, 0.4) is 0 Å². The summed E-state index contributed by atoms with van der Waals surface area (Å²) in [4.78, 5) is 0. The zero-order valence-corrected chi connectivity index (χ0v) is 10.4. The van der Waals surface area contributed by atoms with Gasteiger partial charge in [-0.25, -0.2) is 13.2 Å². The molecule has 0 N–H and O–H groups in total. The fourth-order valence-electron chi connectivity index (χ4n) is 1.59. The van der Waals surface area contributed by atoms with Crippen LogP contribution in [0.25, 0.3) is 0 Å². The molecule has 0 radical (unpaired) electrons. The molecule has 0 spiro atoms. The van der Waals surface area contributed by atoms with E-state index in [2.05, 4.69) is 0 Å². The Morgan fingerprint density at radius 3 is 1.89 bits per heavy atom. The summed E-state index contributed by atoms with van der Waals surface area (Å²) in [6.45, 7) is 0. The van der Waals surface area contributed by atoms with E-state index in [1.54, 1.807) is 24.3 Å². The van der Waals surface area contributed by atoms with Crippen LogP contribution < -0.4 is 0 Å². The average molecular weight is 291 g/mol. The van der Waals surface area contributed by atoms with Crippen molar-refractivity contribution in [2.45, 2.75) is 5.38 Å². The van der Waals surface area contributed by atoms with E-state index in [0.717, 1.165) is 0 Å². The number of hydrogen-bond donors (Lipinski definition) is 0. The smallest absolute Gasteiger partial charge is 0.134 e. The van der Waals surface area contributed by atoms with Crippen molar-refractivity contribution in [1.29, 1.82) is 0 Å². The van der Waals surface area contributed by atoms with Crippen LogP contribution in [-0.2, 0) is 0 Å². The van der Waals surface area contributed by atoms with E-state index in [1.165, 1.54) is 0 Å². The monoisotopic (exact) mass is 290 g/mol. The first kappa shape index (κ1) is 13.2. The normalized spacial score (nSPS) is 12.5. The predicted molar refractivity (Wildman–Crippen MR) is 65.5 cm³/mol. The van der Waals surface area contributed by atoms with E-state index in [9.17, 15) is 13.2 Å². The Kier molecular flexibility index (Phi) is 3.83. The van der Waals surface area contributed by atoms with Crippen molar-refractivity contribution in [3.8, 4) is 0 Å². The summed E-state index contributed by atoms with van der Waals surface area (Å²) in [5, 5.41) is -0.550. The minimum Gasteiger partial charge on any atom is -0.207 e. The second-order valence-electron chi connectivity index (χ2n) is 3.70. The third-order valence-electron chi connectivity index (χ3n) is 2.46. The topological polar surface area (TPSA) is 0 Å². The quantitative estimate of drug-likeness (QED) is 0.676. The van der Waals surface area contributed by atoms with E-state index in [-0.39, 0.29) is 5.56 Å². The molecule has 0 heterocycles. The minimum atomic E-state index is -1.04. The van der Waals surface area contributed by atoms with Crippen LogP contribution in [0, 0.1) is 17.5 Å². The van der Waals surface area contributed by atoms with Crippen molar-refractivity contribution in [2.24, 2.45) is 0 Å². The predicted octanol–water partition coefficient (Wildman–Crippen LogP) is 5.09. The molecular formula is C13H7Cl2F3. The van der Waals surface area contributed by atoms with Crippen molar-refractivity contribution in [2.75, 3.05) is 0 Å². The third kappa shape index (κ3) is 2.62. The van der Waals surface area contributed by atoms with Gasteiger partial charge in [0.2, 0.25) is 0 Å². The zero-order chi connectivity index (χ0) is 13.3. The second kappa shape index (κ2) is 5.21. The lowest BCUT2D eigenvalue weighted by atomic mass is 10.0. The molecule has 1 atom stereocenters. The average Bonchev–Trinajstić information content (AvgIpc) is 2.28. The fraction of sp³-hybridized carbons (Fsp3) is 0.0769. The highest BCUT2D eigenvalue weighted by Crippen LogP contribution is 2.33. The van der Waals surface area contributed by atoms with E-state index < -0.39 is 22.8 Å². The van der Waals surface area contributed by atoms with Crippen molar-refractivity contribution in [3.05, 3.63) is 70.0 Å². The van der Waals surface area contributed by atoms with Gasteiger partial charge < -0.3 is 0 Å². The molecule has 94 valence electrons. The molecule has 0 aliphatic rings. The lowest BCUT2D eigenvalue weighted by Gasteiger charge is -2.12. The molecule has 0 aliphatic carbocycles. The van der Waals surface area contributed by atoms with E-state index in [1.807, 2.05) is 0 Å².